The Morgan fingerprint density at radius 3 is 2.62 bits per heavy atom. The van der Waals surface area contributed by atoms with Crippen LogP contribution in [0.2, 0.25) is 0 Å². The Hall–Kier alpha value is -4.21. The Balaban J connectivity index is 1.53. The van der Waals surface area contributed by atoms with Gasteiger partial charge in [-0.25, -0.2) is 14.1 Å². The number of ketones is 1. The first kappa shape index (κ1) is 30.7. The number of β-lactam (4-membered cyclic amide) rings is 1. The number of carboxylic acid groups (broad SMARTS) is 1. The third kappa shape index (κ3) is 6.64. The highest BCUT2D eigenvalue weighted by Gasteiger charge is 2.56. The van der Waals surface area contributed by atoms with E-state index in [1.165, 1.54) is 16.5 Å². The van der Waals surface area contributed by atoms with Crippen LogP contribution in [0.5, 0.6) is 0 Å². The van der Waals surface area contributed by atoms with Crippen molar-refractivity contribution in [3.63, 3.8) is 0 Å². The lowest BCUT2D eigenvalue weighted by Crippen LogP contribution is -2.64. The van der Waals surface area contributed by atoms with E-state index in [0.717, 1.165) is 16.1 Å². The summed E-state index contributed by atoms with van der Waals surface area (Å²) in [5, 5.41) is 30.6. The van der Waals surface area contributed by atoms with Gasteiger partial charge in [-0.15, -0.1) is 11.3 Å². The van der Waals surface area contributed by atoms with Crippen LogP contribution in [0.3, 0.4) is 0 Å². The standard InChI is InChI=1S/C21H29N11O8S2/c22-4-1-5-30(19(23)24)8-11-7-26-31(28-11)9-14-12(17(34)32(14)42(37,38)39)6-15(33)16(13-10-41-20(25)27-13)29-40-21(2-3-21)18(35)36/h7,10,12,14H,1-6,8-9,22H2,(H3,23,24)(H2,25,27)(H,35,36)(H,37,38,39)/b29-16-/t12-,14+/m0/s1. The molecule has 4 rings (SSSR count). The van der Waals surface area contributed by atoms with Gasteiger partial charge in [-0.05, 0) is 13.0 Å². The zero-order chi connectivity index (χ0) is 30.8. The predicted molar refractivity (Wildman–Crippen MR) is 145 cm³/mol. The van der Waals surface area contributed by atoms with Gasteiger partial charge in [0.15, 0.2) is 22.6 Å². The highest BCUT2D eigenvalue weighted by molar-refractivity contribution is 7.84. The van der Waals surface area contributed by atoms with Gasteiger partial charge in [0.25, 0.3) is 0 Å². The number of guanidine groups is 1. The number of Topliss-reactive ketones (excluding diaryl/α,β-unsaturated/α-hetero) is 1. The number of hydrogen-bond acceptors (Lipinski definition) is 14. The van der Waals surface area contributed by atoms with E-state index in [-0.39, 0.29) is 47.0 Å². The number of hydrogen-bond donors (Lipinski definition) is 6. The number of nitrogens with two attached hydrogens (primary N) is 3. The van der Waals surface area contributed by atoms with Crippen LogP contribution in [0, 0.1) is 11.3 Å². The Morgan fingerprint density at radius 2 is 2.07 bits per heavy atom. The Labute approximate surface area is 242 Å². The lowest BCUT2D eigenvalue weighted by Gasteiger charge is -2.43. The average molecular weight is 628 g/mol. The molecule has 9 N–H and O–H groups in total. The second-order valence-corrected chi connectivity index (χ2v) is 11.8. The molecule has 2 aromatic heterocycles. The van der Waals surface area contributed by atoms with Gasteiger partial charge in [0.2, 0.25) is 11.5 Å². The van der Waals surface area contributed by atoms with Crippen molar-refractivity contribution in [3.8, 4) is 0 Å². The number of nitrogens with one attached hydrogen (secondary N) is 1. The average Bonchev–Trinajstić information content (AvgIpc) is 3.38. The third-order valence-electron chi connectivity index (χ3n) is 6.65. The first-order chi connectivity index (χ1) is 19.8. The zero-order valence-electron chi connectivity index (χ0n) is 22.0. The second kappa shape index (κ2) is 12.0. The number of carbonyl (C=O) groups excluding carboxylic acids is 2. The molecule has 0 bridgehead atoms. The van der Waals surface area contributed by atoms with E-state index in [0.29, 0.717) is 25.2 Å². The van der Waals surface area contributed by atoms with Crippen LogP contribution >= 0.6 is 11.3 Å². The molecule has 0 unspecified atom stereocenters. The summed E-state index contributed by atoms with van der Waals surface area (Å²) in [6.07, 6.45) is 1.70. The fraction of sp³-hybridized carbons (Fsp3) is 0.524. The number of aliphatic carboxylic acids is 1. The molecule has 3 heterocycles. The van der Waals surface area contributed by atoms with E-state index in [4.69, 9.17) is 27.4 Å². The van der Waals surface area contributed by atoms with E-state index in [2.05, 4.69) is 20.3 Å². The summed E-state index contributed by atoms with van der Waals surface area (Å²) in [6.45, 7) is 0.563. The van der Waals surface area contributed by atoms with Crippen LogP contribution in [0.25, 0.3) is 0 Å². The quantitative estimate of drug-likeness (QED) is 0.0408. The summed E-state index contributed by atoms with van der Waals surface area (Å²) < 4.78 is 33.8. The number of aromatic nitrogens is 4. The molecule has 1 aliphatic carbocycles. The van der Waals surface area contributed by atoms with Crippen LogP contribution < -0.4 is 17.2 Å². The smallest absolute Gasteiger partial charge is 0.362 e. The SMILES string of the molecule is N=C(N)N(CCCN)Cc1cnn(C[C@@H]2[C@H](CC(=O)/C(=N\OC3(C(=O)O)CC3)c3csc(N)n3)C(=O)N2S(=O)(=O)O)n1. The maximum absolute atomic E-state index is 13.3. The number of amides is 1. The topological polar surface area (TPSA) is 299 Å². The summed E-state index contributed by atoms with van der Waals surface area (Å²) in [5.41, 5.74) is 15.2. The van der Waals surface area contributed by atoms with Crippen molar-refractivity contribution in [2.24, 2.45) is 22.5 Å². The molecule has 228 valence electrons. The van der Waals surface area contributed by atoms with E-state index < -0.39 is 57.7 Å². The number of carboxylic acids is 1. The number of carbonyl (C=O) groups is 3. The van der Waals surface area contributed by atoms with Crippen molar-refractivity contribution in [2.45, 2.75) is 50.4 Å². The summed E-state index contributed by atoms with van der Waals surface area (Å²) in [4.78, 5) is 49.4. The molecule has 19 nitrogen and oxygen atoms in total. The molecule has 0 radical (unpaired) electrons. The molecule has 2 atom stereocenters. The fourth-order valence-electron chi connectivity index (χ4n) is 4.23. The molecule has 42 heavy (non-hydrogen) atoms. The molecule has 2 fully saturated rings. The van der Waals surface area contributed by atoms with Crippen molar-refractivity contribution in [2.75, 3.05) is 18.8 Å². The number of oxime groups is 1. The van der Waals surface area contributed by atoms with Gasteiger partial charge in [0.05, 0.1) is 31.2 Å². The summed E-state index contributed by atoms with van der Waals surface area (Å²) in [5.74, 6) is -4.56. The summed E-state index contributed by atoms with van der Waals surface area (Å²) in [7, 11) is -5.00. The maximum atomic E-state index is 13.3. The molecule has 0 spiro atoms. The van der Waals surface area contributed by atoms with Crippen LogP contribution in [-0.2, 0) is 42.6 Å². The Kier molecular flexibility index (Phi) is 8.75. The minimum atomic E-state index is -5.00. The molecular weight excluding hydrogens is 598 g/mol. The summed E-state index contributed by atoms with van der Waals surface area (Å²) in [6, 6.07) is -1.26. The van der Waals surface area contributed by atoms with Crippen molar-refractivity contribution >= 4 is 56.1 Å². The highest BCUT2D eigenvalue weighted by atomic mass is 32.2. The van der Waals surface area contributed by atoms with Crippen LogP contribution in [-0.4, -0.2) is 101 Å². The monoisotopic (exact) mass is 627 g/mol. The van der Waals surface area contributed by atoms with Crippen LogP contribution in [0.4, 0.5) is 5.13 Å². The Bertz CT molecular complexity index is 1520. The molecule has 2 aromatic rings. The third-order valence-corrected chi connectivity index (χ3v) is 8.27. The molecule has 2 aliphatic rings. The maximum Gasteiger partial charge on any atom is 0.362 e. The number of nitrogens with zero attached hydrogens (tertiary/aromatic N) is 7. The molecule has 1 saturated heterocycles. The van der Waals surface area contributed by atoms with E-state index in [9.17, 15) is 32.5 Å². The van der Waals surface area contributed by atoms with Gasteiger partial charge < -0.3 is 32.0 Å². The Morgan fingerprint density at radius 1 is 1.36 bits per heavy atom. The number of nitrogen functional groups attached to an aromatic ring is 1. The van der Waals surface area contributed by atoms with E-state index >= 15 is 0 Å². The van der Waals surface area contributed by atoms with Crippen molar-refractivity contribution < 1.29 is 37.3 Å². The van der Waals surface area contributed by atoms with Gasteiger partial charge in [-0.1, -0.05) is 5.16 Å². The van der Waals surface area contributed by atoms with Crippen molar-refractivity contribution in [1.82, 2.24) is 29.2 Å². The van der Waals surface area contributed by atoms with Crippen molar-refractivity contribution in [3.05, 3.63) is 23.0 Å². The molecule has 1 aliphatic heterocycles. The lowest BCUT2D eigenvalue weighted by molar-refractivity contribution is -0.153. The number of rotatable bonds is 15. The van der Waals surface area contributed by atoms with E-state index in [1.807, 2.05) is 0 Å². The fourth-order valence-corrected chi connectivity index (χ4v) is 5.70. The predicted octanol–water partition coefficient (Wildman–Crippen LogP) is -2.01. The van der Waals surface area contributed by atoms with Gasteiger partial charge >= 0.3 is 16.3 Å². The second-order valence-electron chi connectivity index (χ2n) is 9.65. The number of anilines is 1. The first-order valence-corrected chi connectivity index (χ1v) is 14.8. The normalized spacial score (nSPS) is 19.7. The minimum absolute atomic E-state index is 0.0123. The summed E-state index contributed by atoms with van der Waals surface area (Å²) >= 11 is 0.987. The zero-order valence-corrected chi connectivity index (χ0v) is 23.6. The van der Waals surface area contributed by atoms with Gasteiger partial charge in [-0.3, -0.25) is 19.6 Å². The van der Waals surface area contributed by atoms with Gasteiger partial charge in [0, 0.05) is 31.2 Å². The number of thiazole rings is 1. The van der Waals surface area contributed by atoms with Crippen molar-refractivity contribution in [1.29, 1.82) is 5.41 Å². The first-order valence-electron chi connectivity index (χ1n) is 12.5. The molecule has 1 amide bonds. The largest absolute Gasteiger partial charge is 0.478 e. The lowest BCUT2D eigenvalue weighted by atomic mass is 9.84. The van der Waals surface area contributed by atoms with Gasteiger partial charge in [-0.2, -0.15) is 23.4 Å². The molecule has 21 heteroatoms. The molecule has 1 saturated carbocycles. The minimum Gasteiger partial charge on any atom is -0.478 e. The van der Waals surface area contributed by atoms with Crippen LogP contribution in [0.1, 0.15) is 37.1 Å². The van der Waals surface area contributed by atoms with Crippen LogP contribution in [0.15, 0.2) is 16.7 Å². The molecule has 0 aromatic carbocycles. The van der Waals surface area contributed by atoms with Gasteiger partial charge in [0.1, 0.15) is 11.4 Å². The molecular formula is C21H29N11O8S2. The van der Waals surface area contributed by atoms with E-state index in [1.54, 1.807) is 0 Å². The highest BCUT2D eigenvalue weighted by Crippen LogP contribution is 2.40.